The van der Waals surface area contributed by atoms with Crippen molar-refractivity contribution in [1.29, 1.82) is 0 Å². The monoisotopic (exact) mass is 295 g/mol. The summed E-state index contributed by atoms with van der Waals surface area (Å²) in [6, 6.07) is 7.98. The molecule has 1 heterocycles. The third-order valence-electron chi connectivity index (χ3n) is 2.57. The molecule has 5 heteroatoms. The van der Waals surface area contributed by atoms with Crippen molar-refractivity contribution in [2.45, 2.75) is 26.0 Å². The van der Waals surface area contributed by atoms with Gasteiger partial charge in [-0.25, -0.2) is 4.68 Å². The summed E-state index contributed by atoms with van der Waals surface area (Å²) in [6.45, 7) is 2.56. The number of halogens is 1. The van der Waals surface area contributed by atoms with Crippen molar-refractivity contribution >= 4 is 15.9 Å². The van der Waals surface area contributed by atoms with Crippen LogP contribution in [-0.4, -0.2) is 20.1 Å². The summed E-state index contributed by atoms with van der Waals surface area (Å²) in [5, 5.41) is 17.6. The van der Waals surface area contributed by atoms with E-state index in [4.69, 9.17) is 0 Å². The summed E-state index contributed by atoms with van der Waals surface area (Å²) in [6.07, 6.45) is 1.91. The van der Waals surface area contributed by atoms with Gasteiger partial charge in [0.1, 0.15) is 5.69 Å². The molecule has 0 bridgehead atoms. The van der Waals surface area contributed by atoms with Gasteiger partial charge in [-0.2, -0.15) is 0 Å². The number of rotatable bonds is 4. The molecular weight excluding hydrogens is 282 g/mol. The maximum absolute atomic E-state index is 9.64. The zero-order chi connectivity index (χ0) is 12.3. The van der Waals surface area contributed by atoms with E-state index in [1.807, 2.05) is 31.2 Å². The van der Waals surface area contributed by atoms with E-state index in [-0.39, 0.29) is 0 Å². The first kappa shape index (κ1) is 12.3. The lowest BCUT2D eigenvalue weighted by atomic mass is 10.2. The smallest absolute Gasteiger partial charge is 0.111 e. The second-order valence-electron chi connectivity index (χ2n) is 3.86. The summed E-state index contributed by atoms with van der Waals surface area (Å²) < 4.78 is 2.78. The van der Waals surface area contributed by atoms with E-state index in [9.17, 15) is 5.11 Å². The van der Waals surface area contributed by atoms with Gasteiger partial charge in [-0.3, -0.25) is 0 Å². The van der Waals surface area contributed by atoms with Crippen LogP contribution in [0.25, 0.3) is 0 Å². The predicted molar refractivity (Wildman–Crippen MR) is 68.5 cm³/mol. The first-order valence-corrected chi connectivity index (χ1v) is 6.31. The summed E-state index contributed by atoms with van der Waals surface area (Å²) in [7, 11) is 0. The minimum Gasteiger partial charge on any atom is -0.387 e. The average Bonchev–Trinajstić information content (AvgIpc) is 2.80. The van der Waals surface area contributed by atoms with Gasteiger partial charge in [0.2, 0.25) is 0 Å². The summed E-state index contributed by atoms with van der Waals surface area (Å²) in [5.41, 5.74) is 1.76. The van der Waals surface area contributed by atoms with Crippen LogP contribution >= 0.6 is 15.9 Å². The number of benzene rings is 1. The number of aromatic nitrogens is 3. The van der Waals surface area contributed by atoms with E-state index in [1.165, 1.54) is 0 Å². The summed E-state index contributed by atoms with van der Waals surface area (Å²) in [4.78, 5) is 0. The van der Waals surface area contributed by atoms with Crippen LogP contribution in [0, 0.1) is 0 Å². The molecule has 1 atom stereocenters. The summed E-state index contributed by atoms with van der Waals surface area (Å²) >= 11 is 3.49. The van der Waals surface area contributed by atoms with Gasteiger partial charge in [0.15, 0.2) is 0 Å². The topological polar surface area (TPSA) is 50.9 Å². The van der Waals surface area contributed by atoms with Crippen LogP contribution in [0.4, 0.5) is 0 Å². The number of hydrogen-bond donors (Lipinski definition) is 1. The molecular formula is C12H14BrN3O. The third kappa shape index (κ3) is 2.92. The molecule has 1 unspecified atom stereocenters. The van der Waals surface area contributed by atoms with Crippen LogP contribution < -0.4 is 0 Å². The Kier molecular flexibility index (Phi) is 3.91. The Morgan fingerprint density at radius 2 is 2.18 bits per heavy atom. The second kappa shape index (κ2) is 5.42. The van der Waals surface area contributed by atoms with Gasteiger partial charge in [0, 0.05) is 4.47 Å². The van der Waals surface area contributed by atoms with Crippen molar-refractivity contribution < 1.29 is 5.11 Å². The second-order valence-corrected chi connectivity index (χ2v) is 4.71. The van der Waals surface area contributed by atoms with Gasteiger partial charge >= 0.3 is 0 Å². The Bertz CT molecular complexity index is 498. The quantitative estimate of drug-likeness (QED) is 0.943. The first-order chi connectivity index (χ1) is 8.20. The maximum Gasteiger partial charge on any atom is 0.111 e. The molecule has 1 aromatic heterocycles. The van der Waals surface area contributed by atoms with Gasteiger partial charge in [-0.05, 0) is 18.1 Å². The van der Waals surface area contributed by atoms with E-state index in [2.05, 4.69) is 26.2 Å². The Hall–Kier alpha value is -1.20. The van der Waals surface area contributed by atoms with Crippen LogP contribution in [-0.2, 0) is 6.54 Å². The Labute approximate surface area is 108 Å². The number of hydrogen-bond acceptors (Lipinski definition) is 3. The highest BCUT2D eigenvalue weighted by molar-refractivity contribution is 9.10. The first-order valence-electron chi connectivity index (χ1n) is 5.52. The van der Waals surface area contributed by atoms with Crippen LogP contribution in [0.2, 0.25) is 0 Å². The normalized spacial score (nSPS) is 12.6. The van der Waals surface area contributed by atoms with Crippen molar-refractivity contribution in [1.82, 2.24) is 15.0 Å². The van der Waals surface area contributed by atoms with Crippen LogP contribution in [0.15, 0.2) is 34.9 Å². The fraction of sp³-hybridized carbons (Fsp3) is 0.333. The Balaban J connectivity index is 2.14. The van der Waals surface area contributed by atoms with E-state index >= 15 is 0 Å². The lowest BCUT2D eigenvalue weighted by molar-refractivity contribution is 0.168. The van der Waals surface area contributed by atoms with Crippen molar-refractivity contribution in [3.8, 4) is 0 Å². The maximum atomic E-state index is 9.64. The van der Waals surface area contributed by atoms with Gasteiger partial charge in [-0.15, -0.1) is 5.10 Å². The predicted octanol–water partition coefficient (Wildman–Crippen LogP) is 2.53. The molecule has 0 aliphatic rings. The third-order valence-corrected chi connectivity index (χ3v) is 3.35. The molecule has 1 aromatic carbocycles. The summed E-state index contributed by atoms with van der Waals surface area (Å²) in [5.74, 6) is 0. The average molecular weight is 296 g/mol. The lowest BCUT2D eigenvalue weighted by Gasteiger charge is -2.03. The Morgan fingerprint density at radius 1 is 1.41 bits per heavy atom. The van der Waals surface area contributed by atoms with E-state index in [1.54, 1.807) is 10.9 Å². The van der Waals surface area contributed by atoms with Crippen molar-refractivity contribution in [3.05, 3.63) is 46.2 Å². The molecule has 0 fully saturated rings. The zero-order valence-corrected chi connectivity index (χ0v) is 11.1. The number of nitrogens with zero attached hydrogens (tertiary/aromatic N) is 3. The van der Waals surface area contributed by atoms with Gasteiger partial charge < -0.3 is 5.11 Å². The Morgan fingerprint density at radius 3 is 2.88 bits per heavy atom. The molecule has 0 aliphatic heterocycles. The number of aliphatic hydroxyl groups excluding tert-OH is 1. The standard InChI is InChI=1S/C12H14BrN3O/c1-2-12(17)11-8-16(15-14-11)7-9-5-3-4-6-10(9)13/h3-6,8,12,17H,2,7H2,1H3. The van der Waals surface area contributed by atoms with Crippen molar-refractivity contribution in [3.63, 3.8) is 0 Å². The van der Waals surface area contributed by atoms with Crippen LogP contribution in [0.5, 0.6) is 0 Å². The highest BCUT2D eigenvalue weighted by atomic mass is 79.9. The molecule has 90 valence electrons. The van der Waals surface area contributed by atoms with E-state index in [0.29, 0.717) is 18.7 Å². The molecule has 0 aliphatic carbocycles. The highest BCUT2D eigenvalue weighted by Gasteiger charge is 2.10. The molecule has 1 N–H and O–H groups in total. The van der Waals surface area contributed by atoms with Crippen LogP contribution in [0.3, 0.4) is 0 Å². The molecule has 0 amide bonds. The minimum atomic E-state index is -0.525. The largest absolute Gasteiger partial charge is 0.387 e. The van der Waals surface area contributed by atoms with E-state index in [0.717, 1.165) is 10.0 Å². The molecule has 0 spiro atoms. The molecule has 0 radical (unpaired) electrons. The van der Waals surface area contributed by atoms with Gasteiger partial charge in [-0.1, -0.05) is 46.3 Å². The fourth-order valence-corrected chi connectivity index (χ4v) is 1.96. The lowest BCUT2D eigenvalue weighted by Crippen LogP contribution is -2.01. The highest BCUT2D eigenvalue weighted by Crippen LogP contribution is 2.18. The van der Waals surface area contributed by atoms with Crippen LogP contribution in [0.1, 0.15) is 30.7 Å². The number of aliphatic hydroxyl groups is 1. The van der Waals surface area contributed by atoms with Gasteiger partial charge in [0.05, 0.1) is 18.8 Å². The fourth-order valence-electron chi connectivity index (χ4n) is 1.55. The molecule has 2 aromatic rings. The molecule has 17 heavy (non-hydrogen) atoms. The molecule has 4 nitrogen and oxygen atoms in total. The molecule has 0 saturated heterocycles. The minimum absolute atomic E-state index is 0.525. The van der Waals surface area contributed by atoms with Crippen molar-refractivity contribution in [2.24, 2.45) is 0 Å². The SMILES string of the molecule is CCC(O)c1cn(Cc2ccccc2Br)nn1. The molecule has 2 rings (SSSR count). The van der Waals surface area contributed by atoms with Gasteiger partial charge in [0.25, 0.3) is 0 Å². The zero-order valence-electron chi connectivity index (χ0n) is 9.55. The van der Waals surface area contributed by atoms with E-state index < -0.39 is 6.10 Å². The molecule has 0 saturated carbocycles. The van der Waals surface area contributed by atoms with Crippen molar-refractivity contribution in [2.75, 3.05) is 0 Å².